The Hall–Kier alpha value is -0.830. The third kappa shape index (κ3) is 2.86. The summed E-state index contributed by atoms with van der Waals surface area (Å²) in [4.78, 5) is 4.16. The monoisotopic (exact) mass is 261 g/mol. The van der Waals surface area contributed by atoms with Crippen LogP contribution in [0, 0.1) is 17.3 Å². The normalized spacial score (nSPS) is 31.8. The molecule has 0 saturated heterocycles. The maximum Gasteiger partial charge on any atom is 0.0946 e. The molecule has 106 valence electrons. The van der Waals surface area contributed by atoms with Gasteiger partial charge in [0.2, 0.25) is 0 Å². The summed E-state index contributed by atoms with van der Waals surface area (Å²) in [6, 6.07) is 1.28. The van der Waals surface area contributed by atoms with Gasteiger partial charge in [0.05, 0.1) is 6.33 Å². The fourth-order valence-corrected chi connectivity index (χ4v) is 3.89. The maximum atomic E-state index is 4.16. The van der Waals surface area contributed by atoms with Crippen LogP contribution in [0.2, 0.25) is 0 Å². The van der Waals surface area contributed by atoms with Crippen LogP contribution in [-0.2, 0) is 6.54 Å². The molecule has 2 bridgehead atoms. The minimum atomic E-state index is 0.284. The largest absolute Gasteiger partial charge is 0.336 e. The molecule has 3 heteroatoms. The van der Waals surface area contributed by atoms with Crippen LogP contribution in [0.1, 0.15) is 46.5 Å². The molecule has 0 aliphatic heterocycles. The summed E-state index contributed by atoms with van der Waals surface area (Å²) in [5.41, 5.74) is 0.284. The third-order valence-corrected chi connectivity index (χ3v) is 5.15. The van der Waals surface area contributed by atoms with Gasteiger partial charge in [0, 0.05) is 31.0 Å². The van der Waals surface area contributed by atoms with Gasteiger partial charge in [-0.15, -0.1) is 0 Å². The van der Waals surface area contributed by atoms with Crippen LogP contribution in [0.25, 0.3) is 0 Å². The fourth-order valence-electron chi connectivity index (χ4n) is 3.89. The van der Waals surface area contributed by atoms with Crippen molar-refractivity contribution in [1.29, 1.82) is 0 Å². The van der Waals surface area contributed by atoms with Crippen molar-refractivity contribution >= 4 is 0 Å². The van der Waals surface area contributed by atoms with Crippen LogP contribution in [0.15, 0.2) is 18.7 Å². The van der Waals surface area contributed by atoms with E-state index in [1.165, 1.54) is 25.7 Å². The van der Waals surface area contributed by atoms with Crippen molar-refractivity contribution in [2.45, 2.75) is 65.1 Å². The second kappa shape index (κ2) is 4.93. The third-order valence-electron chi connectivity index (χ3n) is 5.15. The second-order valence-electron chi connectivity index (χ2n) is 7.63. The van der Waals surface area contributed by atoms with Crippen molar-refractivity contribution in [3.63, 3.8) is 0 Å². The van der Waals surface area contributed by atoms with E-state index in [4.69, 9.17) is 0 Å². The summed E-state index contributed by atoms with van der Waals surface area (Å²) >= 11 is 0. The van der Waals surface area contributed by atoms with Gasteiger partial charge in [-0.05, 0) is 36.5 Å². The van der Waals surface area contributed by atoms with Gasteiger partial charge in [-0.2, -0.15) is 0 Å². The average Bonchev–Trinajstić information content (AvgIpc) is 3.03. The molecule has 1 aromatic heterocycles. The lowest BCUT2D eigenvalue weighted by molar-refractivity contribution is 0.197. The quantitative estimate of drug-likeness (QED) is 0.902. The number of hydrogen-bond donors (Lipinski definition) is 1. The molecule has 0 radical (unpaired) electrons. The zero-order valence-electron chi connectivity index (χ0n) is 12.5. The molecule has 3 nitrogen and oxygen atoms in total. The maximum absolute atomic E-state index is 4.16. The van der Waals surface area contributed by atoms with E-state index in [1.54, 1.807) is 0 Å². The zero-order valence-corrected chi connectivity index (χ0v) is 12.5. The summed E-state index contributed by atoms with van der Waals surface area (Å²) in [5.74, 6) is 1.95. The molecular formula is C16H27N3. The first-order chi connectivity index (χ1) is 9.02. The van der Waals surface area contributed by atoms with E-state index >= 15 is 0 Å². The van der Waals surface area contributed by atoms with Gasteiger partial charge >= 0.3 is 0 Å². The number of rotatable bonds is 4. The highest BCUT2D eigenvalue weighted by molar-refractivity contribution is 4.97. The van der Waals surface area contributed by atoms with Gasteiger partial charge in [-0.1, -0.05) is 27.2 Å². The number of aromatic nitrogens is 2. The molecule has 19 heavy (non-hydrogen) atoms. The average molecular weight is 261 g/mol. The van der Waals surface area contributed by atoms with E-state index in [0.717, 1.165) is 24.4 Å². The van der Waals surface area contributed by atoms with E-state index in [9.17, 15) is 0 Å². The van der Waals surface area contributed by atoms with Crippen LogP contribution < -0.4 is 5.32 Å². The van der Waals surface area contributed by atoms with Crippen LogP contribution in [0.3, 0.4) is 0 Å². The van der Waals surface area contributed by atoms with Crippen molar-refractivity contribution in [3.05, 3.63) is 18.7 Å². The van der Waals surface area contributed by atoms with Gasteiger partial charge in [0.25, 0.3) is 0 Å². The summed E-state index contributed by atoms with van der Waals surface area (Å²) < 4.78 is 2.20. The molecule has 2 aliphatic rings. The summed E-state index contributed by atoms with van der Waals surface area (Å²) in [5, 5.41) is 3.98. The Labute approximate surface area is 116 Å². The molecule has 2 saturated carbocycles. The lowest BCUT2D eigenvalue weighted by atomic mass is 9.84. The Balaban J connectivity index is 1.66. The van der Waals surface area contributed by atoms with Crippen molar-refractivity contribution in [1.82, 2.24) is 14.9 Å². The van der Waals surface area contributed by atoms with Gasteiger partial charge in [-0.25, -0.2) is 4.98 Å². The molecule has 1 heterocycles. The Kier molecular flexibility index (Phi) is 3.42. The molecule has 4 unspecified atom stereocenters. The number of fused-ring (bicyclic) bond motifs is 2. The van der Waals surface area contributed by atoms with Crippen LogP contribution >= 0.6 is 0 Å². The highest BCUT2D eigenvalue weighted by atomic mass is 15.1. The molecule has 4 atom stereocenters. The number of hydrogen-bond acceptors (Lipinski definition) is 2. The molecule has 2 fully saturated rings. The molecule has 2 aliphatic carbocycles. The molecule has 0 spiro atoms. The topological polar surface area (TPSA) is 29.9 Å². The smallest absolute Gasteiger partial charge is 0.0946 e. The van der Waals surface area contributed by atoms with Crippen molar-refractivity contribution in [2.75, 3.05) is 0 Å². The first-order valence-corrected chi connectivity index (χ1v) is 7.74. The van der Waals surface area contributed by atoms with Gasteiger partial charge in [-0.3, -0.25) is 0 Å². The molecule has 0 amide bonds. The molecule has 0 aromatic carbocycles. The van der Waals surface area contributed by atoms with Gasteiger partial charge < -0.3 is 9.88 Å². The number of nitrogens with zero attached hydrogens (tertiary/aromatic N) is 2. The van der Waals surface area contributed by atoms with Crippen molar-refractivity contribution in [3.8, 4) is 0 Å². The Morgan fingerprint density at radius 3 is 2.68 bits per heavy atom. The van der Waals surface area contributed by atoms with Crippen molar-refractivity contribution < 1.29 is 0 Å². The summed E-state index contributed by atoms with van der Waals surface area (Å²) in [6.07, 6.45) is 11.7. The van der Waals surface area contributed by atoms with Crippen LogP contribution in [0.5, 0.6) is 0 Å². The minimum Gasteiger partial charge on any atom is -0.336 e. The zero-order chi connectivity index (χ0) is 13.5. The molecule has 1 aromatic rings. The Morgan fingerprint density at radius 1 is 1.32 bits per heavy atom. The predicted molar refractivity (Wildman–Crippen MR) is 77.8 cm³/mol. The van der Waals surface area contributed by atoms with E-state index in [2.05, 4.69) is 41.8 Å². The lowest BCUT2D eigenvalue weighted by Crippen LogP contribution is -2.49. The lowest BCUT2D eigenvalue weighted by Gasteiger charge is -2.36. The second-order valence-corrected chi connectivity index (χ2v) is 7.63. The summed E-state index contributed by atoms with van der Waals surface area (Å²) in [6.45, 7) is 8.05. The van der Waals surface area contributed by atoms with E-state index < -0.39 is 0 Å². The highest BCUT2D eigenvalue weighted by Crippen LogP contribution is 2.45. The standard InChI is InChI=1S/C16H27N3/c1-16(2,3)15(10-19-7-6-17-11-19)18-14-9-12-4-5-13(14)8-12/h6-7,11-15,18H,4-5,8-10H2,1-3H3. The molecule has 1 N–H and O–H groups in total. The Bertz CT molecular complexity index is 404. The number of imidazole rings is 1. The van der Waals surface area contributed by atoms with E-state index in [1.807, 2.05) is 12.5 Å². The van der Waals surface area contributed by atoms with Gasteiger partial charge in [0.15, 0.2) is 0 Å². The van der Waals surface area contributed by atoms with E-state index in [0.29, 0.717) is 6.04 Å². The number of nitrogens with one attached hydrogen (secondary N) is 1. The first kappa shape index (κ1) is 13.2. The van der Waals surface area contributed by atoms with Crippen LogP contribution in [0.4, 0.5) is 0 Å². The SMILES string of the molecule is CC(C)(C)C(Cn1ccnc1)NC1CC2CCC1C2. The van der Waals surface area contributed by atoms with Crippen molar-refractivity contribution in [2.24, 2.45) is 17.3 Å². The fraction of sp³-hybridized carbons (Fsp3) is 0.812. The predicted octanol–water partition coefficient (Wildman–Crippen LogP) is 3.08. The highest BCUT2D eigenvalue weighted by Gasteiger charge is 2.41. The molecule has 3 rings (SSSR count). The minimum absolute atomic E-state index is 0.284. The van der Waals surface area contributed by atoms with Crippen LogP contribution in [-0.4, -0.2) is 21.6 Å². The van der Waals surface area contributed by atoms with Gasteiger partial charge in [0.1, 0.15) is 0 Å². The summed E-state index contributed by atoms with van der Waals surface area (Å²) in [7, 11) is 0. The van der Waals surface area contributed by atoms with E-state index in [-0.39, 0.29) is 5.41 Å². The molecular weight excluding hydrogens is 234 g/mol. The first-order valence-electron chi connectivity index (χ1n) is 7.74. The Morgan fingerprint density at radius 2 is 2.16 bits per heavy atom.